The predicted octanol–water partition coefficient (Wildman–Crippen LogP) is 1.57. The van der Waals surface area contributed by atoms with Crippen LogP contribution >= 0.6 is 0 Å². The molecule has 8 heteroatoms. The lowest BCUT2D eigenvalue weighted by molar-refractivity contribution is -0.104. The molecule has 3 N–H and O–H groups in total. The van der Waals surface area contributed by atoms with Crippen LogP contribution in [0.5, 0.6) is 5.75 Å². The number of rotatable bonds is 5. The second-order valence-corrected chi connectivity index (χ2v) is 5.84. The van der Waals surface area contributed by atoms with Crippen LogP contribution in [0.1, 0.15) is 29.9 Å². The summed E-state index contributed by atoms with van der Waals surface area (Å²) in [6.45, 7) is 3.27. The highest BCUT2D eigenvalue weighted by atomic mass is 16.5. The molecule has 0 aromatic carbocycles. The van der Waals surface area contributed by atoms with Crippen molar-refractivity contribution in [1.82, 2.24) is 20.2 Å². The lowest BCUT2D eigenvalue weighted by atomic mass is 10.0. The SMILES string of the molecule is COc1cnc(-c2cc(C(C)(C)O)[nH]n2)c2[nH]cc(C(=O)C=O)c12. The van der Waals surface area contributed by atoms with Gasteiger partial charge in [0.05, 0.1) is 35.5 Å². The summed E-state index contributed by atoms with van der Waals surface area (Å²) in [7, 11) is 1.46. The van der Waals surface area contributed by atoms with E-state index in [1.807, 2.05) is 0 Å². The Balaban J connectivity index is 2.23. The van der Waals surface area contributed by atoms with Crippen molar-refractivity contribution in [1.29, 1.82) is 0 Å². The number of aldehydes is 1. The number of methoxy groups -OCH3 is 1. The minimum atomic E-state index is -1.08. The number of carbonyl (C=O) groups is 2. The van der Waals surface area contributed by atoms with Crippen LogP contribution in [-0.4, -0.2) is 44.5 Å². The third-order valence-corrected chi connectivity index (χ3v) is 3.75. The Labute approximate surface area is 136 Å². The third-order valence-electron chi connectivity index (χ3n) is 3.75. The number of fused-ring (bicyclic) bond motifs is 1. The minimum Gasteiger partial charge on any atom is -0.494 e. The molecule has 0 radical (unpaired) electrons. The van der Waals surface area contributed by atoms with E-state index in [1.165, 1.54) is 19.5 Å². The largest absolute Gasteiger partial charge is 0.494 e. The summed E-state index contributed by atoms with van der Waals surface area (Å²) >= 11 is 0. The fraction of sp³-hybridized carbons (Fsp3) is 0.250. The first kappa shape index (κ1) is 15.9. The highest BCUT2D eigenvalue weighted by Gasteiger charge is 2.23. The van der Waals surface area contributed by atoms with Crippen LogP contribution < -0.4 is 4.74 Å². The van der Waals surface area contributed by atoms with Crippen LogP contribution in [-0.2, 0) is 10.4 Å². The number of nitrogens with zero attached hydrogens (tertiary/aromatic N) is 2. The Morgan fingerprint density at radius 2 is 2.17 bits per heavy atom. The number of carbonyl (C=O) groups excluding carboxylic acids is 2. The van der Waals surface area contributed by atoms with Crippen LogP contribution in [0.25, 0.3) is 22.3 Å². The second kappa shape index (κ2) is 5.57. The van der Waals surface area contributed by atoms with E-state index in [1.54, 1.807) is 19.9 Å². The first-order valence-corrected chi connectivity index (χ1v) is 7.19. The molecule has 0 saturated carbocycles. The Morgan fingerprint density at radius 3 is 2.75 bits per heavy atom. The van der Waals surface area contributed by atoms with Crippen molar-refractivity contribution in [2.45, 2.75) is 19.4 Å². The second-order valence-electron chi connectivity index (χ2n) is 5.84. The summed E-state index contributed by atoms with van der Waals surface area (Å²) < 4.78 is 5.25. The molecule has 3 rings (SSSR count). The van der Waals surface area contributed by atoms with Gasteiger partial charge in [0, 0.05) is 6.20 Å². The average molecular weight is 328 g/mol. The van der Waals surface area contributed by atoms with E-state index in [2.05, 4.69) is 20.2 Å². The van der Waals surface area contributed by atoms with Gasteiger partial charge in [-0.1, -0.05) is 0 Å². The molecule has 0 aliphatic rings. The van der Waals surface area contributed by atoms with Crippen molar-refractivity contribution in [3.05, 3.63) is 29.7 Å². The monoisotopic (exact) mass is 328 g/mol. The van der Waals surface area contributed by atoms with Crippen molar-refractivity contribution in [2.75, 3.05) is 7.11 Å². The topological polar surface area (TPSA) is 121 Å². The van der Waals surface area contributed by atoms with Gasteiger partial charge in [0.15, 0.2) is 6.29 Å². The molecule has 3 aromatic heterocycles. The summed E-state index contributed by atoms with van der Waals surface area (Å²) in [5.74, 6) is -0.283. The summed E-state index contributed by atoms with van der Waals surface area (Å²) in [6.07, 6.45) is 3.16. The van der Waals surface area contributed by atoms with Crippen LogP contribution in [0.3, 0.4) is 0 Å². The molecule has 0 aliphatic heterocycles. The number of ketones is 1. The van der Waals surface area contributed by atoms with E-state index in [4.69, 9.17) is 4.74 Å². The number of pyridine rings is 1. The normalized spacial score (nSPS) is 11.7. The number of H-pyrrole nitrogens is 2. The minimum absolute atomic E-state index is 0.207. The van der Waals surface area contributed by atoms with Gasteiger partial charge in [-0.2, -0.15) is 5.10 Å². The van der Waals surface area contributed by atoms with Gasteiger partial charge in [0.1, 0.15) is 22.7 Å². The van der Waals surface area contributed by atoms with E-state index in [0.29, 0.717) is 33.7 Å². The number of aromatic nitrogens is 4. The summed E-state index contributed by atoms with van der Waals surface area (Å²) in [6, 6.07) is 1.68. The van der Waals surface area contributed by atoms with Gasteiger partial charge in [0.25, 0.3) is 0 Å². The Kier molecular flexibility index (Phi) is 3.69. The van der Waals surface area contributed by atoms with Crippen molar-refractivity contribution >= 4 is 23.0 Å². The van der Waals surface area contributed by atoms with E-state index >= 15 is 0 Å². The van der Waals surface area contributed by atoms with Crippen LogP contribution in [0.4, 0.5) is 0 Å². The highest BCUT2D eigenvalue weighted by Crippen LogP contribution is 2.34. The molecular formula is C16H16N4O4. The standard InChI is InChI=1S/C16H16N4O4/c1-16(2,23)12-4-9(19-20-12)14-15-13(11(24-3)6-18-14)8(5-17-15)10(22)7-21/h4-7,17,23H,1-3H3,(H,19,20). The smallest absolute Gasteiger partial charge is 0.227 e. The van der Waals surface area contributed by atoms with Gasteiger partial charge < -0.3 is 14.8 Å². The highest BCUT2D eigenvalue weighted by molar-refractivity contribution is 6.37. The fourth-order valence-electron chi connectivity index (χ4n) is 2.48. The predicted molar refractivity (Wildman–Crippen MR) is 85.9 cm³/mol. The maximum absolute atomic E-state index is 11.8. The number of hydrogen-bond donors (Lipinski definition) is 3. The number of hydrogen-bond acceptors (Lipinski definition) is 6. The van der Waals surface area contributed by atoms with Crippen molar-refractivity contribution in [3.8, 4) is 17.1 Å². The molecule has 0 bridgehead atoms. The van der Waals surface area contributed by atoms with Gasteiger partial charge in [-0.25, -0.2) is 4.98 Å². The molecule has 3 heterocycles. The van der Waals surface area contributed by atoms with Crippen molar-refractivity contribution < 1.29 is 19.4 Å². The average Bonchev–Trinajstić information content (AvgIpc) is 3.20. The molecule has 124 valence electrons. The zero-order valence-corrected chi connectivity index (χ0v) is 13.4. The first-order chi connectivity index (χ1) is 11.4. The molecular weight excluding hydrogens is 312 g/mol. The van der Waals surface area contributed by atoms with E-state index in [0.717, 1.165) is 0 Å². The zero-order valence-electron chi connectivity index (χ0n) is 13.4. The molecule has 24 heavy (non-hydrogen) atoms. The molecule has 3 aromatic rings. The summed E-state index contributed by atoms with van der Waals surface area (Å²) in [5.41, 5.74) is 1.14. The van der Waals surface area contributed by atoms with Gasteiger partial charge in [-0.3, -0.25) is 14.7 Å². The van der Waals surface area contributed by atoms with Gasteiger partial charge in [-0.05, 0) is 19.9 Å². The van der Waals surface area contributed by atoms with Crippen LogP contribution in [0, 0.1) is 0 Å². The Hall–Kier alpha value is -3.00. The quantitative estimate of drug-likeness (QED) is 0.371. The van der Waals surface area contributed by atoms with Gasteiger partial charge >= 0.3 is 0 Å². The molecule has 8 nitrogen and oxygen atoms in total. The molecule has 0 saturated heterocycles. The molecule has 0 aliphatic carbocycles. The maximum Gasteiger partial charge on any atom is 0.227 e. The Bertz CT molecular complexity index is 933. The molecule has 0 unspecified atom stereocenters. The maximum atomic E-state index is 11.8. The van der Waals surface area contributed by atoms with Crippen molar-refractivity contribution in [2.24, 2.45) is 0 Å². The van der Waals surface area contributed by atoms with Crippen LogP contribution in [0.2, 0.25) is 0 Å². The fourth-order valence-corrected chi connectivity index (χ4v) is 2.48. The number of Topliss-reactive ketones (excluding diaryl/α,β-unsaturated/α-hetero) is 1. The zero-order chi connectivity index (χ0) is 17.5. The van der Waals surface area contributed by atoms with Gasteiger partial charge in [-0.15, -0.1) is 0 Å². The molecule has 0 fully saturated rings. The van der Waals surface area contributed by atoms with E-state index in [9.17, 15) is 14.7 Å². The summed E-state index contributed by atoms with van der Waals surface area (Å²) in [5, 5.41) is 17.5. The molecule has 0 amide bonds. The van der Waals surface area contributed by atoms with E-state index < -0.39 is 11.4 Å². The lowest BCUT2D eigenvalue weighted by Gasteiger charge is -2.13. The number of nitrogens with one attached hydrogen (secondary N) is 2. The first-order valence-electron chi connectivity index (χ1n) is 7.19. The lowest BCUT2D eigenvalue weighted by Crippen LogP contribution is -2.15. The number of ether oxygens (including phenoxy) is 1. The molecule has 0 spiro atoms. The van der Waals surface area contributed by atoms with Gasteiger partial charge in [0.2, 0.25) is 5.78 Å². The molecule has 0 atom stereocenters. The Morgan fingerprint density at radius 1 is 1.42 bits per heavy atom. The third kappa shape index (κ3) is 2.46. The number of aromatic amines is 2. The summed E-state index contributed by atoms with van der Waals surface area (Å²) in [4.78, 5) is 29.9. The number of aliphatic hydroxyl groups is 1. The van der Waals surface area contributed by atoms with Crippen molar-refractivity contribution in [3.63, 3.8) is 0 Å². The van der Waals surface area contributed by atoms with E-state index in [-0.39, 0.29) is 11.8 Å². The van der Waals surface area contributed by atoms with Crippen LogP contribution in [0.15, 0.2) is 18.5 Å².